The second-order valence-electron chi connectivity index (χ2n) is 8.61. The quantitative estimate of drug-likeness (QED) is 0.536. The summed E-state index contributed by atoms with van der Waals surface area (Å²) in [5.41, 5.74) is 2.35. The van der Waals surface area contributed by atoms with E-state index in [4.69, 9.17) is 9.47 Å². The monoisotopic (exact) mass is 375 g/mol. The first kappa shape index (κ1) is 18.8. The normalized spacial score (nSPS) is 19.1. The molecular formula is C25H29NO2. The highest BCUT2D eigenvalue weighted by Gasteiger charge is 2.35. The molecule has 0 aromatic heterocycles. The Morgan fingerprint density at radius 3 is 2.50 bits per heavy atom. The second kappa shape index (κ2) is 7.14. The van der Waals surface area contributed by atoms with Crippen molar-refractivity contribution in [2.45, 2.75) is 44.9 Å². The van der Waals surface area contributed by atoms with Gasteiger partial charge in [-0.15, -0.1) is 0 Å². The van der Waals surface area contributed by atoms with E-state index in [1.54, 1.807) is 0 Å². The van der Waals surface area contributed by atoms with Crippen LogP contribution in [0.2, 0.25) is 0 Å². The third-order valence-electron chi connectivity index (χ3n) is 5.65. The average molecular weight is 376 g/mol. The van der Waals surface area contributed by atoms with Crippen LogP contribution in [0.15, 0.2) is 60.7 Å². The zero-order valence-electron chi connectivity index (χ0n) is 17.4. The smallest absolute Gasteiger partial charge is 0.149 e. The van der Waals surface area contributed by atoms with Gasteiger partial charge in [-0.1, -0.05) is 48.5 Å². The van der Waals surface area contributed by atoms with Gasteiger partial charge >= 0.3 is 0 Å². The largest absolute Gasteiger partial charge is 0.487 e. The number of hydrogen-bond acceptors (Lipinski definition) is 3. The molecule has 3 nitrogen and oxygen atoms in total. The molecule has 146 valence electrons. The molecule has 3 aromatic rings. The molecule has 0 spiro atoms. The Morgan fingerprint density at radius 2 is 1.75 bits per heavy atom. The van der Waals surface area contributed by atoms with Gasteiger partial charge in [0.1, 0.15) is 23.3 Å². The van der Waals surface area contributed by atoms with Crippen molar-refractivity contribution < 1.29 is 9.47 Å². The molecule has 0 aliphatic carbocycles. The van der Waals surface area contributed by atoms with E-state index in [0.29, 0.717) is 5.92 Å². The van der Waals surface area contributed by atoms with Crippen molar-refractivity contribution in [3.63, 3.8) is 0 Å². The zero-order valence-corrected chi connectivity index (χ0v) is 17.4. The third-order valence-corrected chi connectivity index (χ3v) is 5.65. The predicted octanol–water partition coefficient (Wildman–Crippen LogP) is 5.82. The summed E-state index contributed by atoms with van der Waals surface area (Å²) in [4.78, 5) is 2.04. The minimum atomic E-state index is -0.227. The van der Waals surface area contributed by atoms with E-state index >= 15 is 0 Å². The summed E-state index contributed by atoms with van der Waals surface area (Å²) in [5, 5.41) is 2.56. The van der Waals surface area contributed by atoms with Crippen molar-refractivity contribution in [3.8, 4) is 11.5 Å². The number of benzene rings is 3. The lowest BCUT2D eigenvalue weighted by Gasteiger charge is -2.38. The van der Waals surface area contributed by atoms with Gasteiger partial charge in [0.25, 0.3) is 0 Å². The van der Waals surface area contributed by atoms with Crippen molar-refractivity contribution in [1.82, 2.24) is 4.90 Å². The molecule has 3 heteroatoms. The van der Waals surface area contributed by atoms with Gasteiger partial charge < -0.3 is 9.47 Å². The van der Waals surface area contributed by atoms with Gasteiger partial charge in [0, 0.05) is 17.5 Å². The molecule has 0 bridgehead atoms. The van der Waals surface area contributed by atoms with E-state index in [9.17, 15) is 0 Å². The summed E-state index contributed by atoms with van der Waals surface area (Å²) < 4.78 is 12.4. The van der Waals surface area contributed by atoms with Gasteiger partial charge in [-0.25, -0.2) is 0 Å². The molecular weight excluding hydrogens is 346 g/mol. The Kier molecular flexibility index (Phi) is 4.80. The van der Waals surface area contributed by atoms with Crippen molar-refractivity contribution in [2.75, 3.05) is 14.1 Å². The first-order valence-electron chi connectivity index (χ1n) is 9.97. The van der Waals surface area contributed by atoms with E-state index in [1.807, 2.05) is 32.0 Å². The molecule has 4 rings (SSSR count). The van der Waals surface area contributed by atoms with Crippen LogP contribution in [0, 0.1) is 0 Å². The lowest BCUT2D eigenvalue weighted by molar-refractivity contribution is 0.0706. The first-order chi connectivity index (χ1) is 13.3. The van der Waals surface area contributed by atoms with Crippen molar-refractivity contribution in [2.24, 2.45) is 0 Å². The van der Waals surface area contributed by atoms with Crippen LogP contribution < -0.4 is 9.47 Å². The van der Waals surface area contributed by atoms with Crippen molar-refractivity contribution in [3.05, 3.63) is 71.8 Å². The van der Waals surface area contributed by atoms with E-state index in [0.717, 1.165) is 17.9 Å². The Bertz CT molecular complexity index is 993. The highest BCUT2D eigenvalue weighted by atomic mass is 16.5. The lowest BCUT2D eigenvalue weighted by atomic mass is 9.79. The molecule has 28 heavy (non-hydrogen) atoms. The Morgan fingerprint density at radius 1 is 1.00 bits per heavy atom. The van der Waals surface area contributed by atoms with Gasteiger partial charge in [-0.3, -0.25) is 4.90 Å². The summed E-state index contributed by atoms with van der Waals surface area (Å²) in [6.45, 7) is 6.38. The average Bonchev–Trinajstić information content (AvgIpc) is 2.66. The Hall–Kier alpha value is -2.52. The summed E-state index contributed by atoms with van der Waals surface area (Å²) in [5.74, 6) is 2.08. The maximum absolute atomic E-state index is 6.35. The highest BCUT2D eigenvalue weighted by molar-refractivity contribution is 5.83. The molecule has 2 atom stereocenters. The van der Waals surface area contributed by atoms with E-state index in [2.05, 4.69) is 68.4 Å². The van der Waals surface area contributed by atoms with Crippen LogP contribution in [-0.4, -0.2) is 30.8 Å². The fourth-order valence-electron chi connectivity index (χ4n) is 3.93. The van der Waals surface area contributed by atoms with Gasteiger partial charge in [0.2, 0.25) is 0 Å². The SMILES string of the molecule is CC(Oc1ccc2c(c1)OC(C)(C)CC2c1ccc2ccccc2c1)N(C)C. The van der Waals surface area contributed by atoms with Gasteiger partial charge in [0.05, 0.1) is 0 Å². The fraction of sp³-hybridized carbons (Fsp3) is 0.360. The van der Waals surface area contributed by atoms with Crippen LogP contribution in [0.5, 0.6) is 11.5 Å². The molecule has 1 heterocycles. The molecule has 1 aliphatic heterocycles. The maximum Gasteiger partial charge on any atom is 0.149 e. The van der Waals surface area contributed by atoms with E-state index < -0.39 is 0 Å². The first-order valence-corrected chi connectivity index (χ1v) is 9.97. The Balaban J connectivity index is 1.73. The minimum absolute atomic E-state index is 0.00550. The Labute approximate surface area is 167 Å². The van der Waals surface area contributed by atoms with Gasteiger partial charge in [-0.05, 0) is 63.7 Å². The van der Waals surface area contributed by atoms with Crippen LogP contribution in [0.25, 0.3) is 10.8 Å². The third kappa shape index (κ3) is 3.72. The molecule has 1 aliphatic rings. The second-order valence-corrected chi connectivity index (χ2v) is 8.61. The van der Waals surface area contributed by atoms with E-state index in [1.165, 1.54) is 21.9 Å². The number of ether oxygens (including phenoxy) is 2. The summed E-state index contributed by atoms with van der Waals surface area (Å²) >= 11 is 0. The molecule has 0 radical (unpaired) electrons. The van der Waals surface area contributed by atoms with Crippen molar-refractivity contribution >= 4 is 10.8 Å². The number of fused-ring (bicyclic) bond motifs is 2. The van der Waals surface area contributed by atoms with Crippen LogP contribution >= 0.6 is 0 Å². The highest BCUT2D eigenvalue weighted by Crippen LogP contribution is 2.46. The minimum Gasteiger partial charge on any atom is -0.487 e. The summed E-state index contributed by atoms with van der Waals surface area (Å²) in [6, 6.07) is 21.6. The fourth-order valence-corrected chi connectivity index (χ4v) is 3.93. The molecule has 0 fully saturated rings. The topological polar surface area (TPSA) is 21.7 Å². The van der Waals surface area contributed by atoms with Crippen molar-refractivity contribution in [1.29, 1.82) is 0 Å². The van der Waals surface area contributed by atoms with Crippen LogP contribution in [-0.2, 0) is 0 Å². The molecule has 3 aromatic carbocycles. The van der Waals surface area contributed by atoms with Crippen LogP contribution in [0.4, 0.5) is 0 Å². The number of nitrogens with zero attached hydrogens (tertiary/aromatic N) is 1. The molecule has 0 amide bonds. The molecule has 0 saturated heterocycles. The lowest BCUT2D eigenvalue weighted by Crippen LogP contribution is -2.35. The molecule has 0 N–H and O–H groups in total. The van der Waals surface area contributed by atoms with E-state index in [-0.39, 0.29) is 11.8 Å². The molecule has 0 saturated carbocycles. The van der Waals surface area contributed by atoms with Crippen LogP contribution in [0.1, 0.15) is 44.2 Å². The molecule has 2 unspecified atom stereocenters. The standard InChI is InChI=1S/C25H29NO2/c1-17(26(4)5)27-21-12-13-22-23(16-25(2,3)28-24(22)15-21)20-11-10-18-8-6-7-9-19(18)14-20/h6-15,17,23H,16H2,1-5H3. The summed E-state index contributed by atoms with van der Waals surface area (Å²) in [6.07, 6.45) is 0.957. The number of rotatable bonds is 4. The van der Waals surface area contributed by atoms with Gasteiger partial charge in [-0.2, -0.15) is 0 Å². The summed E-state index contributed by atoms with van der Waals surface area (Å²) in [7, 11) is 4.02. The zero-order chi connectivity index (χ0) is 19.9. The number of hydrogen-bond donors (Lipinski definition) is 0. The van der Waals surface area contributed by atoms with Gasteiger partial charge in [0.15, 0.2) is 0 Å². The van der Waals surface area contributed by atoms with Crippen LogP contribution in [0.3, 0.4) is 0 Å². The maximum atomic E-state index is 6.35. The predicted molar refractivity (Wildman–Crippen MR) is 115 cm³/mol.